The van der Waals surface area contributed by atoms with E-state index in [9.17, 15) is 18.0 Å². The molecule has 1 aromatic carbocycles. The Bertz CT molecular complexity index is 702. The molecular weight excluding hydrogens is 363 g/mol. The number of methoxy groups -OCH3 is 1. The lowest BCUT2D eigenvalue weighted by Crippen LogP contribution is -2.37. The smallest absolute Gasteiger partial charge is 0.416 e. The highest BCUT2D eigenvalue weighted by molar-refractivity contribution is 5.69. The van der Waals surface area contributed by atoms with E-state index in [0.29, 0.717) is 37.3 Å². The number of hydrogen-bond donors (Lipinski definition) is 0. The zero-order valence-corrected chi connectivity index (χ0v) is 15.8. The molecule has 0 unspecified atom stereocenters. The molecule has 1 heterocycles. The molecule has 1 aromatic rings. The van der Waals surface area contributed by atoms with Crippen molar-refractivity contribution in [3.05, 3.63) is 23.8 Å². The minimum atomic E-state index is -4.43. The van der Waals surface area contributed by atoms with Crippen molar-refractivity contribution in [1.29, 1.82) is 0 Å². The van der Waals surface area contributed by atoms with Crippen LogP contribution in [0.5, 0.6) is 11.5 Å². The molecule has 0 N–H and O–H groups in total. The van der Waals surface area contributed by atoms with Crippen LogP contribution in [0, 0.1) is 17.8 Å². The van der Waals surface area contributed by atoms with Gasteiger partial charge in [0.15, 0.2) is 11.5 Å². The van der Waals surface area contributed by atoms with E-state index in [1.165, 1.54) is 13.2 Å². The van der Waals surface area contributed by atoms with Crippen LogP contribution in [0.1, 0.15) is 26.3 Å². The van der Waals surface area contributed by atoms with Crippen LogP contribution >= 0.6 is 0 Å². The summed E-state index contributed by atoms with van der Waals surface area (Å²) in [5.74, 6) is 1.33. The lowest BCUT2D eigenvalue weighted by atomic mass is 10.2. The number of amides is 1. The number of fused-ring (bicyclic) bond motifs is 1. The minimum absolute atomic E-state index is 0.0611. The van der Waals surface area contributed by atoms with Crippen molar-refractivity contribution in [2.75, 3.05) is 26.8 Å². The molecule has 0 radical (unpaired) electrons. The predicted molar refractivity (Wildman–Crippen MR) is 91.8 cm³/mol. The van der Waals surface area contributed by atoms with Crippen LogP contribution < -0.4 is 9.47 Å². The molecule has 1 saturated carbocycles. The van der Waals surface area contributed by atoms with Gasteiger partial charge in [0.2, 0.25) is 0 Å². The number of hydrogen-bond acceptors (Lipinski definition) is 4. The van der Waals surface area contributed by atoms with E-state index in [4.69, 9.17) is 14.2 Å². The third-order valence-corrected chi connectivity index (χ3v) is 4.95. The summed E-state index contributed by atoms with van der Waals surface area (Å²) in [6.07, 6.45) is -4.73. The van der Waals surface area contributed by atoms with Gasteiger partial charge < -0.3 is 19.1 Å². The Labute approximate surface area is 156 Å². The summed E-state index contributed by atoms with van der Waals surface area (Å²) >= 11 is 0. The standard InChI is InChI=1S/C19H24F3NO4/c1-18(2,3)27-17(24)23-8-12-13(9-23)14(12)10-26-15-6-5-11(19(20,21)22)7-16(15)25-4/h5-7,12-14H,8-10H2,1-4H3/t12-,13+,14-. The fourth-order valence-electron chi connectivity index (χ4n) is 3.52. The number of alkyl halides is 3. The summed E-state index contributed by atoms with van der Waals surface area (Å²) in [5, 5.41) is 0. The molecule has 27 heavy (non-hydrogen) atoms. The minimum Gasteiger partial charge on any atom is -0.493 e. The van der Waals surface area contributed by atoms with Gasteiger partial charge in [0.1, 0.15) is 5.60 Å². The Balaban J connectivity index is 1.52. The van der Waals surface area contributed by atoms with Gasteiger partial charge in [-0.3, -0.25) is 0 Å². The molecule has 2 fully saturated rings. The molecule has 3 atom stereocenters. The van der Waals surface area contributed by atoms with Gasteiger partial charge in [0, 0.05) is 19.0 Å². The number of rotatable bonds is 4. The van der Waals surface area contributed by atoms with Gasteiger partial charge in [0.25, 0.3) is 0 Å². The number of halogens is 3. The Morgan fingerprint density at radius 3 is 2.30 bits per heavy atom. The highest BCUT2D eigenvalue weighted by atomic mass is 19.4. The normalized spacial score (nSPS) is 24.4. The van der Waals surface area contributed by atoms with Crippen LogP contribution in [0.4, 0.5) is 18.0 Å². The average Bonchev–Trinajstić information content (AvgIpc) is 2.99. The molecule has 8 heteroatoms. The summed E-state index contributed by atoms with van der Waals surface area (Å²) in [7, 11) is 1.31. The molecule has 0 bridgehead atoms. The zero-order chi connectivity index (χ0) is 20.0. The van der Waals surface area contributed by atoms with Gasteiger partial charge in [-0.05, 0) is 50.8 Å². The molecule has 150 valence electrons. The second-order valence-corrected chi connectivity index (χ2v) is 8.05. The molecule has 5 nitrogen and oxygen atoms in total. The third-order valence-electron chi connectivity index (χ3n) is 4.95. The highest BCUT2D eigenvalue weighted by Gasteiger charge is 2.57. The van der Waals surface area contributed by atoms with Gasteiger partial charge in [-0.2, -0.15) is 13.2 Å². The summed E-state index contributed by atoms with van der Waals surface area (Å²) in [6, 6.07) is 3.20. The fraction of sp³-hybridized carbons (Fsp3) is 0.632. The lowest BCUT2D eigenvalue weighted by Gasteiger charge is -2.26. The van der Waals surface area contributed by atoms with E-state index in [1.54, 1.807) is 4.90 Å². The van der Waals surface area contributed by atoms with E-state index in [1.807, 2.05) is 20.8 Å². The highest BCUT2D eigenvalue weighted by Crippen LogP contribution is 2.52. The van der Waals surface area contributed by atoms with Crippen LogP contribution in [0.25, 0.3) is 0 Å². The van der Waals surface area contributed by atoms with Crippen molar-refractivity contribution >= 4 is 6.09 Å². The van der Waals surface area contributed by atoms with Crippen molar-refractivity contribution in [3.63, 3.8) is 0 Å². The molecule has 1 saturated heterocycles. The summed E-state index contributed by atoms with van der Waals surface area (Å²) in [4.78, 5) is 13.8. The molecular formula is C19H24F3NO4. The van der Waals surface area contributed by atoms with Crippen molar-refractivity contribution in [1.82, 2.24) is 4.90 Å². The number of nitrogens with zero attached hydrogens (tertiary/aromatic N) is 1. The first kappa shape index (κ1) is 19.6. The van der Waals surface area contributed by atoms with Gasteiger partial charge in [-0.25, -0.2) is 4.79 Å². The quantitative estimate of drug-likeness (QED) is 0.777. The molecule has 0 spiro atoms. The topological polar surface area (TPSA) is 48.0 Å². The maximum absolute atomic E-state index is 12.8. The second kappa shape index (κ2) is 6.80. The van der Waals surface area contributed by atoms with Crippen LogP contribution in [-0.2, 0) is 10.9 Å². The summed E-state index contributed by atoms with van der Waals surface area (Å²) in [6.45, 7) is 7.12. The number of ether oxygens (including phenoxy) is 3. The predicted octanol–water partition coefficient (Wildman–Crippen LogP) is 4.21. The summed E-state index contributed by atoms with van der Waals surface area (Å²) < 4.78 is 54.5. The Morgan fingerprint density at radius 1 is 1.15 bits per heavy atom. The van der Waals surface area contributed by atoms with Crippen molar-refractivity contribution in [2.45, 2.75) is 32.5 Å². The SMILES string of the molecule is COc1cc(C(F)(F)F)ccc1OC[C@H]1[C@H]2CN(C(=O)OC(C)(C)C)C[C@@H]12. The number of carbonyl (C=O) groups is 1. The van der Waals surface area contributed by atoms with Gasteiger partial charge in [-0.15, -0.1) is 0 Å². The maximum Gasteiger partial charge on any atom is 0.416 e. The number of likely N-dealkylation sites (tertiary alicyclic amines) is 1. The first-order chi connectivity index (χ1) is 12.5. The average molecular weight is 387 g/mol. The van der Waals surface area contributed by atoms with Gasteiger partial charge in [-0.1, -0.05) is 0 Å². The zero-order valence-electron chi connectivity index (χ0n) is 15.8. The lowest BCUT2D eigenvalue weighted by molar-refractivity contribution is -0.137. The molecule has 2 aliphatic rings. The van der Waals surface area contributed by atoms with Crippen LogP contribution in [0.2, 0.25) is 0 Å². The van der Waals surface area contributed by atoms with E-state index in [2.05, 4.69) is 0 Å². The van der Waals surface area contributed by atoms with E-state index in [-0.39, 0.29) is 17.8 Å². The number of piperidine rings is 1. The van der Waals surface area contributed by atoms with Crippen molar-refractivity contribution in [2.24, 2.45) is 17.8 Å². The second-order valence-electron chi connectivity index (χ2n) is 8.05. The molecule has 1 amide bonds. The molecule has 1 aliphatic heterocycles. The molecule has 0 aromatic heterocycles. The van der Waals surface area contributed by atoms with Crippen LogP contribution in [0.3, 0.4) is 0 Å². The number of carbonyl (C=O) groups excluding carboxylic acids is 1. The van der Waals surface area contributed by atoms with Crippen LogP contribution in [-0.4, -0.2) is 43.4 Å². The van der Waals surface area contributed by atoms with E-state index < -0.39 is 17.3 Å². The molecule has 1 aliphatic carbocycles. The Morgan fingerprint density at radius 2 is 1.78 bits per heavy atom. The van der Waals surface area contributed by atoms with Gasteiger partial charge in [0.05, 0.1) is 19.3 Å². The van der Waals surface area contributed by atoms with Gasteiger partial charge >= 0.3 is 12.3 Å². The Hall–Kier alpha value is -2.12. The van der Waals surface area contributed by atoms with E-state index in [0.717, 1.165) is 12.1 Å². The first-order valence-electron chi connectivity index (χ1n) is 8.85. The van der Waals surface area contributed by atoms with Crippen molar-refractivity contribution in [3.8, 4) is 11.5 Å². The molecule has 3 rings (SSSR count). The largest absolute Gasteiger partial charge is 0.493 e. The van der Waals surface area contributed by atoms with E-state index >= 15 is 0 Å². The van der Waals surface area contributed by atoms with Crippen LogP contribution in [0.15, 0.2) is 18.2 Å². The Kier molecular flexibility index (Phi) is 4.94. The third kappa shape index (κ3) is 4.42. The van der Waals surface area contributed by atoms with Crippen molar-refractivity contribution < 1.29 is 32.2 Å². The summed E-state index contributed by atoms with van der Waals surface area (Å²) in [5.41, 5.74) is -1.30. The first-order valence-corrected chi connectivity index (χ1v) is 8.85. The monoisotopic (exact) mass is 387 g/mol. The number of benzene rings is 1. The maximum atomic E-state index is 12.8. The fourth-order valence-corrected chi connectivity index (χ4v) is 3.52.